The first-order chi connectivity index (χ1) is 12.8. The number of hydrogen-bond donors (Lipinski definition) is 2. The van der Waals surface area contributed by atoms with Gasteiger partial charge in [-0.3, -0.25) is 0 Å². The quantitative estimate of drug-likeness (QED) is 0.500. The molecule has 0 aliphatic rings. The van der Waals surface area contributed by atoms with E-state index in [1.807, 2.05) is 0 Å². The first-order valence-corrected chi connectivity index (χ1v) is 7.49. The van der Waals surface area contributed by atoms with E-state index in [1.54, 1.807) is 0 Å². The van der Waals surface area contributed by atoms with E-state index < -0.39 is 30.0 Å². The monoisotopic (exact) mass is 451 g/mol. The molecule has 1 radical (unpaired) electrons. The number of rotatable bonds is 4. The summed E-state index contributed by atoms with van der Waals surface area (Å²) in [6, 6.07) is 7.26. The van der Waals surface area contributed by atoms with Crippen LogP contribution in [0, 0.1) is 0 Å². The lowest BCUT2D eigenvalue weighted by molar-refractivity contribution is -0.276. The Labute approximate surface area is 164 Å². The number of hydrogen-bond acceptors (Lipinski definition) is 5. The molecule has 0 saturated heterocycles. The van der Waals surface area contributed by atoms with Crippen molar-refractivity contribution in [1.29, 1.82) is 0 Å². The summed E-state index contributed by atoms with van der Waals surface area (Å²) in [5.41, 5.74) is 0. The smallest absolute Gasteiger partial charge is 0.535 e. The maximum absolute atomic E-state index is 11.9. The van der Waals surface area contributed by atoms with E-state index in [0.29, 0.717) is 0 Å². The van der Waals surface area contributed by atoms with Gasteiger partial charge < -0.3 is 24.3 Å². The summed E-state index contributed by atoms with van der Waals surface area (Å²) in [5, 5.41) is 16.7. The van der Waals surface area contributed by atoms with Crippen molar-refractivity contribution in [3.8, 4) is 23.0 Å². The van der Waals surface area contributed by atoms with Gasteiger partial charge >= 0.3 is 20.4 Å². The fraction of sp³-hybridized carbons (Fsp3) is 0.143. The number of halogens is 8. The summed E-state index contributed by atoms with van der Waals surface area (Å²) in [6.07, 6.45) is -9.74. The summed E-state index contributed by atoms with van der Waals surface area (Å²) < 4.78 is 82.4. The fourth-order valence-electron chi connectivity index (χ4n) is 1.57. The van der Waals surface area contributed by atoms with Crippen molar-refractivity contribution in [2.24, 2.45) is 0 Å². The summed E-state index contributed by atoms with van der Waals surface area (Å²) in [5.74, 6) is -2.46. The van der Waals surface area contributed by atoms with Gasteiger partial charge in [0.05, 0.1) is 10.0 Å². The zero-order chi connectivity index (χ0) is 21.5. The molecule has 0 aliphatic heterocycles. The van der Waals surface area contributed by atoms with Crippen LogP contribution in [0.1, 0.15) is 0 Å². The van der Waals surface area contributed by atoms with E-state index in [0.717, 1.165) is 6.07 Å². The van der Waals surface area contributed by atoms with Gasteiger partial charge in [0.2, 0.25) is 0 Å². The molecular weight excluding hydrogens is 444 g/mol. The maximum Gasteiger partial charge on any atom is 0.573 e. The van der Waals surface area contributed by atoms with Gasteiger partial charge in [-0.1, -0.05) is 35.3 Å². The Morgan fingerprint density at radius 3 is 1.71 bits per heavy atom. The van der Waals surface area contributed by atoms with E-state index in [-0.39, 0.29) is 23.5 Å². The van der Waals surface area contributed by atoms with Gasteiger partial charge in [0.1, 0.15) is 5.75 Å². The highest BCUT2D eigenvalue weighted by Crippen LogP contribution is 2.38. The van der Waals surface area contributed by atoms with Crippen LogP contribution < -0.4 is 14.1 Å². The SMILES string of the molecule is O[B]Oc1cccc(Cl)c1OC(F)(F)F.Oc1cccc(Cl)c1OC(F)(F)F. The minimum Gasteiger partial charge on any atom is -0.535 e. The second-order valence-corrected chi connectivity index (χ2v) is 5.29. The molecule has 0 aliphatic carbocycles. The molecule has 0 atom stereocenters. The van der Waals surface area contributed by atoms with Gasteiger partial charge in [0, 0.05) is 0 Å². The van der Waals surface area contributed by atoms with Crippen LogP contribution >= 0.6 is 23.2 Å². The largest absolute Gasteiger partial charge is 0.573 e. The summed E-state index contributed by atoms with van der Waals surface area (Å²) in [6.45, 7) is 0. The van der Waals surface area contributed by atoms with E-state index in [1.165, 1.54) is 30.3 Å². The number of phenolic OH excluding ortho intramolecular Hbond substituents is 1. The van der Waals surface area contributed by atoms with Crippen LogP contribution in [0.4, 0.5) is 26.3 Å². The normalized spacial score (nSPS) is 11.2. The summed E-state index contributed by atoms with van der Waals surface area (Å²) in [4.78, 5) is 0. The third kappa shape index (κ3) is 8.23. The molecule has 2 N–H and O–H groups in total. The van der Waals surface area contributed by atoms with Crippen LogP contribution in [-0.2, 0) is 0 Å². The number of benzene rings is 2. The topological polar surface area (TPSA) is 68.2 Å². The Kier molecular flexibility index (Phi) is 8.39. The highest BCUT2D eigenvalue weighted by Gasteiger charge is 2.34. The molecule has 0 bridgehead atoms. The summed E-state index contributed by atoms with van der Waals surface area (Å²) >= 11 is 10.8. The second kappa shape index (κ2) is 9.85. The van der Waals surface area contributed by atoms with Gasteiger partial charge in [-0.15, -0.1) is 26.3 Å². The Hall–Kier alpha value is -2.18. The van der Waals surface area contributed by atoms with Crippen molar-refractivity contribution < 1.29 is 50.6 Å². The minimum absolute atomic E-state index is 0.231. The first kappa shape index (κ1) is 23.9. The Morgan fingerprint density at radius 2 is 1.25 bits per heavy atom. The van der Waals surface area contributed by atoms with Gasteiger partial charge in [0.15, 0.2) is 17.2 Å². The van der Waals surface area contributed by atoms with Crippen molar-refractivity contribution in [3.63, 3.8) is 0 Å². The number of para-hydroxylation sites is 2. The lowest BCUT2D eigenvalue weighted by Gasteiger charge is -2.13. The molecule has 0 spiro atoms. The average molecular weight is 452 g/mol. The number of alkyl halides is 6. The molecule has 2 aromatic rings. The highest BCUT2D eigenvalue weighted by molar-refractivity contribution is 6.32. The molecule has 153 valence electrons. The molecular formula is C14H8BCl2F6O5. The average Bonchev–Trinajstić information content (AvgIpc) is 2.53. The lowest BCUT2D eigenvalue weighted by atomic mass is 10.3. The van der Waals surface area contributed by atoms with Crippen molar-refractivity contribution in [2.75, 3.05) is 0 Å². The van der Waals surface area contributed by atoms with E-state index in [2.05, 4.69) is 14.1 Å². The van der Waals surface area contributed by atoms with Crippen LogP contribution in [0.2, 0.25) is 10.0 Å². The van der Waals surface area contributed by atoms with Gasteiger partial charge in [0.25, 0.3) is 0 Å². The zero-order valence-corrected chi connectivity index (χ0v) is 14.7. The number of ether oxygens (including phenoxy) is 2. The van der Waals surface area contributed by atoms with Crippen molar-refractivity contribution in [1.82, 2.24) is 0 Å². The molecule has 0 saturated carbocycles. The number of aromatic hydroxyl groups is 1. The third-order valence-electron chi connectivity index (χ3n) is 2.49. The molecule has 0 fully saturated rings. The van der Waals surface area contributed by atoms with E-state index >= 15 is 0 Å². The van der Waals surface area contributed by atoms with Crippen molar-refractivity contribution in [3.05, 3.63) is 46.4 Å². The van der Waals surface area contributed by atoms with Gasteiger partial charge in [-0.2, -0.15) is 0 Å². The first-order valence-electron chi connectivity index (χ1n) is 6.74. The van der Waals surface area contributed by atoms with E-state index in [9.17, 15) is 26.3 Å². The van der Waals surface area contributed by atoms with Crippen LogP contribution in [0.25, 0.3) is 0 Å². The molecule has 14 heteroatoms. The predicted molar refractivity (Wildman–Crippen MR) is 86.5 cm³/mol. The molecule has 2 rings (SSSR count). The van der Waals surface area contributed by atoms with Crippen LogP contribution in [-0.4, -0.2) is 30.5 Å². The van der Waals surface area contributed by atoms with Crippen molar-refractivity contribution >= 4 is 30.9 Å². The Bertz CT molecular complexity index is 768. The number of phenols is 1. The van der Waals surface area contributed by atoms with Crippen LogP contribution in [0.3, 0.4) is 0 Å². The molecule has 0 amide bonds. The molecule has 0 unspecified atom stereocenters. The lowest BCUT2D eigenvalue weighted by Crippen LogP contribution is -2.18. The van der Waals surface area contributed by atoms with Crippen LogP contribution in [0.5, 0.6) is 23.0 Å². The summed E-state index contributed by atoms with van der Waals surface area (Å²) in [7, 11) is 0.231. The molecule has 5 nitrogen and oxygen atoms in total. The Morgan fingerprint density at radius 1 is 0.786 bits per heavy atom. The van der Waals surface area contributed by atoms with Gasteiger partial charge in [-0.25, -0.2) is 0 Å². The van der Waals surface area contributed by atoms with E-state index in [4.69, 9.17) is 33.3 Å². The predicted octanol–water partition coefficient (Wildman–Crippen LogP) is 5.09. The molecule has 0 heterocycles. The zero-order valence-electron chi connectivity index (χ0n) is 13.2. The standard InChI is InChI=1S/C7H4BClF3O3.C7H4ClF3O2/c9-4-2-1-3-5(15-8-13)6(4)14-7(10,11)12;8-4-2-1-3-5(12)6(4)13-7(9,10)11/h1-3,13H;1-3,12H. The van der Waals surface area contributed by atoms with Crippen LogP contribution in [0.15, 0.2) is 36.4 Å². The maximum atomic E-state index is 11.9. The molecule has 2 aromatic carbocycles. The molecule has 28 heavy (non-hydrogen) atoms. The van der Waals surface area contributed by atoms with Gasteiger partial charge in [-0.05, 0) is 24.3 Å². The highest BCUT2D eigenvalue weighted by atomic mass is 35.5. The Balaban J connectivity index is 0.000000283. The van der Waals surface area contributed by atoms with Crippen molar-refractivity contribution in [2.45, 2.75) is 12.7 Å². The fourth-order valence-corrected chi connectivity index (χ4v) is 1.98. The molecule has 0 aromatic heterocycles. The minimum atomic E-state index is -4.88. The third-order valence-corrected chi connectivity index (χ3v) is 3.09. The second-order valence-electron chi connectivity index (χ2n) is 4.47.